The highest BCUT2D eigenvalue weighted by molar-refractivity contribution is 5.93. The first-order chi connectivity index (χ1) is 9.29. The van der Waals surface area contributed by atoms with Gasteiger partial charge in [-0.15, -0.1) is 0 Å². The Morgan fingerprint density at radius 1 is 1.00 bits per heavy atom. The topological polar surface area (TPSA) is 41.1 Å². The number of carbonyl (C=O) groups excluding carboxylic acids is 1. The number of amides is 1. The lowest BCUT2D eigenvalue weighted by molar-refractivity contribution is -0.115. The molecule has 19 heavy (non-hydrogen) atoms. The van der Waals surface area contributed by atoms with Crippen molar-refractivity contribution in [2.45, 2.75) is 6.42 Å². The van der Waals surface area contributed by atoms with E-state index in [0.29, 0.717) is 6.54 Å². The van der Waals surface area contributed by atoms with Crippen molar-refractivity contribution in [1.82, 2.24) is 5.32 Å². The zero-order valence-electron chi connectivity index (χ0n) is 11.0. The maximum atomic E-state index is 11.6. The summed E-state index contributed by atoms with van der Waals surface area (Å²) in [6.07, 6.45) is 0.816. The Kier molecular flexibility index (Phi) is 4.70. The number of rotatable bonds is 5. The van der Waals surface area contributed by atoms with Crippen LogP contribution >= 0.6 is 0 Å². The van der Waals surface area contributed by atoms with Crippen molar-refractivity contribution in [2.24, 2.45) is 0 Å². The molecule has 98 valence electrons. The van der Waals surface area contributed by atoms with Crippen LogP contribution in [0.4, 0.5) is 5.69 Å². The number of carbonyl (C=O) groups is 1. The number of para-hydroxylation sites is 1. The lowest BCUT2D eigenvalue weighted by Gasteiger charge is -2.11. The molecule has 0 aliphatic heterocycles. The van der Waals surface area contributed by atoms with E-state index in [1.807, 2.05) is 42.5 Å². The molecule has 1 amide bonds. The SMILES string of the molecule is CNCC(=O)Nc1ccccc1Cc1ccccc1. The predicted molar refractivity (Wildman–Crippen MR) is 78.2 cm³/mol. The van der Waals surface area contributed by atoms with Gasteiger partial charge in [0.2, 0.25) is 5.91 Å². The summed E-state index contributed by atoms with van der Waals surface area (Å²) < 4.78 is 0. The maximum Gasteiger partial charge on any atom is 0.238 e. The van der Waals surface area contributed by atoms with E-state index in [1.54, 1.807) is 7.05 Å². The first kappa shape index (κ1) is 13.3. The molecule has 0 atom stereocenters. The molecule has 0 fully saturated rings. The average Bonchev–Trinajstić information content (AvgIpc) is 2.42. The Bertz CT molecular complexity index is 537. The normalized spacial score (nSPS) is 10.2. The van der Waals surface area contributed by atoms with Crippen molar-refractivity contribution < 1.29 is 4.79 Å². The van der Waals surface area contributed by atoms with E-state index in [-0.39, 0.29) is 5.91 Å². The summed E-state index contributed by atoms with van der Waals surface area (Å²) in [5, 5.41) is 5.78. The molecule has 0 saturated carbocycles. The smallest absolute Gasteiger partial charge is 0.238 e. The van der Waals surface area contributed by atoms with Crippen LogP contribution in [0.15, 0.2) is 54.6 Å². The molecule has 0 unspecified atom stereocenters. The van der Waals surface area contributed by atoms with Crippen LogP contribution in [0.25, 0.3) is 0 Å². The van der Waals surface area contributed by atoms with Gasteiger partial charge < -0.3 is 10.6 Å². The number of hydrogen-bond acceptors (Lipinski definition) is 2. The number of nitrogens with one attached hydrogen (secondary N) is 2. The van der Waals surface area contributed by atoms with E-state index in [9.17, 15) is 4.79 Å². The van der Waals surface area contributed by atoms with Gasteiger partial charge in [-0.3, -0.25) is 4.79 Å². The zero-order valence-corrected chi connectivity index (χ0v) is 11.0. The summed E-state index contributed by atoms with van der Waals surface area (Å²) in [5.41, 5.74) is 3.24. The van der Waals surface area contributed by atoms with Crippen LogP contribution in [0, 0.1) is 0 Å². The highest BCUT2D eigenvalue weighted by Gasteiger charge is 2.06. The van der Waals surface area contributed by atoms with E-state index in [1.165, 1.54) is 5.56 Å². The summed E-state index contributed by atoms with van der Waals surface area (Å²) in [6.45, 7) is 0.319. The second-order valence-electron chi connectivity index (χ2n) is 4.40. The number of likely N-dealkylation sites (N-methyl/N-ethyl adjacent to an activating group) is 1. The molecule has 3 nitrogen and oxygen atoms in total. The van der Waals surface area contributed by atoms with Gasteiger partial charge >= 0.3 is 0 Å². The highest BCUT2D eigenvalue weighted by Crippen LogP contribution is 2.18. The molecule has 0 aliphatic carbocycles. The van der Waals surface area contributed by atoms with Gasteiger partial charge in [0.15, 0.2) is 0 Å². The standard InChI is InChI=1S/C16H18N2O/c1-17-12-16(19)18-15-10-6-5-9-14(15)11-13-7-3-2-4-8-13/h2-10,17H,11-12H2,1H3,(H,18,19). The minimum atomic E-state index is -0.0250. The first-order valence-corrected chi connectivity index (χ1v) is 6.36. The van der Waals surface area contributed by atoms with Crippen molar-refractivity contribution in [1.29, 1.82) is 0 Å². The zero-order chi connectivity index (χ0) is 13.5. The number of anilines is 1. The molecule has 2 N–H and O–H groups in total. The monoisotopic (exact) mass is 254 g/mol. The third-order valence-electron chi connectivity index (χ3n) is 2.87. The molecule has 2 rings (SSSR count). The van der Waals surface area contributed by atoms with Crippen LogP contribution in [-0.2, 0) is 11.2 Å². The summed E-state index contributed by atoms with van der Waals surface area (Å²) in [6, 6.07) is 18.1. The fourth-order valence-electron chi connectivity index (χ4n) is 1.97. The lowest BCUT2D eigenvalue weighted by atomic mass is 10.0. The number of hydrogen-bond donors (Lipinski definition) is 2. The largest absolute Gasteiger partial charge is 0.325 e. The van der Waals surface area contributed by atoms with E-state index in [4.69, 9.17) is 0 Å². The van der Waals surface area contributed by atoms with Crippen LogP contribution in [0.2, 0.25) is 0 Å². The van der Waals surface area contributed by atoms with Gasteiger partial charge in [-0.1, -0.05) is 48.5 Å². The molecular formula is C16H18N2O. The van der Waals surface area contributed by atoms with Crippen molar-refractivity contribution in [3.05, 3.63) is 65.7 Å². The van der Waals surface area contributed by atoms with Crippen molar-refractivity contribution in [3.8, 4) is 0 Å². The molecule has 0 aromatic heterocycles. The fourth-order valence-corrected chi connectivity index (χ4v) is 1.97. The van der Waals surface area contributed by atoms with E-state index in [0.717, 1.165) is 17.7 Å². The lowest BCUT2D eigenvalue weighted by Crippen LogP contribution is -2.25. The van der Waals surface area contributed by atoms with E-state index >= 15 is 0 Å². The van der Waals surface area contributed by atoms with Crippen LogP contribution in [0.3, 0.4) is 0 Å². The van der Waals surface area contributed by atoms with Gasteiger partial charge in [-0.05, 0) is 30.7 Å². The molecule has 0 aliphatic rings. The van der Waals surface area contributed by atoms with Crippen LogP contribution < -0.4 is 10.6 Å². The summed E-state index contributed by atoms with van der Waals surface area (Å²) in [4.78, 5) is 11.6. The van der Waals surface area contributed by atoms with Crippen molar-refractivity contribution in [2.75, 3.05) is 18.9 Å². The van der Waals surface area contributed by atoms with Gasteiger partial charge in [0.05, 0.1) is 6.54 Å². The Labute approximate surface area is 113 Å². The van der Waals surface area contributed by atoms with Crippen molar-refractivity contribution in [3.63, 3.8) is 0 Å². The summed E-state index contributed by atoms with van der Waals surface area (Å²) in [5.74, 6) is -0.0250. The van der Waals surface area contributed by atoms with E-state index in [2.05, 4.69) is 22.8 Å². The van der Waals surface area contributed by atoms with Crippen LogP contribution in [0.1, 0.15) is 11.1 Å². The number of benzene rings is 2. The molecule has 3 heteroatoms. The van der Waals surface area contributed by atoms with Crippen LogP contribution in [0.5, 0.6) is 0 Å². The van der Waals surface area contributed by atoms with Gasteiger partial charge in [0.1, 0.15) is 0 Å². The molecular weight excluding hydrogens is 236 g/mol. The van der Waals surface area contributed by atoms with Crippen LogP contribution in [-0.4, -0.2) is 19.5 Å². The Morgan fingerprint density at radius 2 is 1.68 bits per heavy atom. The van der Waals surface area contributed by atoms with Crippen molar-refractivity contribution >= 4 is 11.6 Å². The minimum absolute atomic E-state index is 0.0250. The Hall–Kier alpha value is -2.13. The highest BCUT2D eigenvalue weighted by atomic mass is 16.1. The summed E-state index contributed by atoms with van der Waals surface area (Å²) >= 11 is 0. The Morgan fingerprint density at radius 3 is 2.42 bits per heavy atom. The van der Waals surface area contributed by atoms with Gasteiger partial charge in [0, 0.05) is 5.69 Å². The molecule has 2 aromatic carbocycles. The first-order valence-electron chi connectivity index (χ1n) is 6.36. The summed E-state index contributed by atoms with van der Waals surface area (Å²) in [7, 11) is 1.76. The van der Waals surface area contributed by atoms with Gasteiger partial charge in [-0.2, -0.15) is 0 Å². The second kappa shape index (κ2) is 6.71. The third kappa shape index (κ3) is 3.93. The molecule has 2 aromatic rings. The van der Waals surface area contributed by atoms with Gasteiger partial charge in [-0.25, -0.2) is 0 Å². The average molecular weight is 254 g/mol. The molecule has 0 radical (unpaired) electrons. The maximum absolute atomic E-state index is 11.6. The minimum Gasteiger partial charge on any atom is -0.325 e. The predicted octanol–water partition coefficient (Wildman–Crippen LogP) is 2.44. The third-order valence-corrected chi connectivity index (χ3v) is 2.87. The fraction of sp³-hybridized carbons (Fsp3) is 0.188. The quantitative estimate of drug-likeness (QED) is 0.860. The molecule has 0 spiro atoms. The molecule has 0 heterocycles. The second-order valence-corrected chi connectivity index (χ2v) is 4.40. The molecule has 0 saturated heterocycles. The van der Waals surface area contributed by atoms with E-state index < -0.39 is 0 Å². The molecule has 0 bridgehead atoms. The van der Waals surface area contributed by atoms with Gasteiger partial charge in [0.25, 0.3) is 0 Å². The Balaban J connectivity index is 2.14.